The number of anilines is 1. The van der Waals surface area contributed by atoms with Crippen LogP contribution < -0.4 is 9.62 Å². The van der Waals surface area contributed by atoms with Gasteiger partial charge in [0.2, 0.25) is 21.8 Å². The monoisotopic (exact) mass is 493 g/mol. The highest BCUT2D eigenvalue weighted by Gasteiger charge is 2.30. The van der Waals surface area contributed by atoms with Crippen molar-refractivity contribution in [3.05, 3.63) is 64.2 Å². The average molecular weight is 494 g/mol. The Hall–Kier alpha value is -2.58. The van der Waals surface area contributed by atoms with Gasteiger partial charge in [-0.2, -0.15) is 0 Å². The molecular formula is C24H32ClN3O4S. The summed E-state index contributed by atoms with van der Waals surface area (Å²) in [4.78, 5) is 27.6. The predicted octanol–water partition coefficient (Wildman–Crippen LogP) is 3.66. The van der Waals surface area contributed by atoms with Crippen molar-refractivity contribution in [1.29, 1.82) is 0 Å². The van der Waals surface area contributed by atoms with E-state index in [4.69, 9.17) is 11.6 Å². The van der Waals surface area contributed by atoms with E-state index in [1.807, 2.05) is 45.0 Å². The third kappa shape index (κ3) is 7.47. The highest BCUT2D eigenvalue weighted by molar-refractivity contribution is 7.92. The Balaban J connectivity index is 2.41. The molecule has 0 aromatic heterocycles. The van der Waals surface area contributed by atoms with Crippen molar-refractivity contribution in [3.63, 3.8) is 0 Å². The zero-order valence-electron chi connectivity index (χ0n) is 19.9. The number of carbonyl (C=O) groups excluding carboxylic acids is 2. The van der Waals surface area contributed by atoms with E-state index in [9.17, 15) is 18.0 Å². The van der Waals surface area contributed by atoms with Crippen LogP contribution in [0.1, 0.15) is 37.5 Å². The topological polar surface area (TPSA) is 86.8 Å². The van der Waals surface area contributed by atoms with Crippen molar-refractivity contribution in [2.45, 2.75) is 53.2 Å². The molecule has 2 rings (SSSR count). The van der Waals surface area contributed by atoms with E-state index in [2.05, 4.69) is 5.32 Å². The van der Waals surface area contributed by atoms with Crippen LogP contribution in [0, 0.1) is 13.8 Å². The molecule has 7 nitrogen and oxygen atoms in total. The van der Waals surface area contributed by atoms with Gasteiger partial charge in [-0.15, -0.1) is 0 Å². The molecular weight excluding hydrogens is 462 g/mol. The van der Waals surface area contributed by atoms with E-state index in [1.165, 1.54) is 11.0 Å². The van der Waals surface area contributed by atoms with Crippen LogP contribution >= 0.6 is 11.6 Å². The van der Waals surface area contributed by atoms with Crippen molar-refractivity contribution in [3.8, 4) is 0 Å². The van der Waals surface area contributed by atoms with Crippen LogP contribution in [-0.4, -0.2) is 50.0 Å². The highest BCUT2D eigenvalue weighted by Crippen LogP contribution is 2.25. The van der Waals surface area contributed by atoms with Crippen molar-refractivity contribution in [2.24, 2.45) is 0 Å². The van der Waals surface area contributed by atoms with Gasteiger partial charge in [0.1, 0.15) is 12.6 Å². The van der Waals surface area contributed by atoms with E-state index in [0.29, 0.717) is 5.02 Å². The number of carbonyl (C=O) groups is 2. The summed E-state index contributed by atoms with van der Waals surface area (Å²) in [6.45, 7) is 8.77. The fraction of sp³-hybridized carbons (Fsp3) is 0.417. The molecule has 2 aromatic rings. The Morgan fingerprint density at radius 2 is 1.73 bits per heavy atom. The van der Waals surface area contributed by atoms with E-state index >= 15 is 0 Å². The fourth-order valence-electron chi connectivity index (χ4n) is 3.35. The number of benzene rings is 2. The largest absolute Gasteiger partial charge is 0.352 e. The summed E-state index contributed by atoms with van der Waals surface area (Å²) >= 11 is 6.20. The molecule has 180 valence electrons. The maximum atomic E-state index is 13.5. The predicted molar refractivity (Wildman–Crippen MR) is 133 cm³/mol. The minimum absolute atomic E-state index is 0.0990. The normalized spacial score (nSPS) is 12.4. The fourth-order valence-corrected chi connectivity index (χ4v) is 4.36. The van der Waals surface area contributed by atoms with E-state index in [1.54, 1.807) is 26.0 Å². The minimum atomic E-state index is -3.79. The van der Waals surface area contributed by atoms with Crippen molar-refractivity contribution >= 4 is 39.1 Å². The van der Waals surface area contributed by atoms with E-state index in [0.717, 1.165) is 27.3 Å². The number of nitrogens with zero attached hydrogens (tertiary/aromatic N) is 2. The number of hydrogen-bond donors (Lipinski definition) is 1. The molecule has 1 atom stereocenters. The van der Waals surface area contributed by atoms with Gasteiger partial charge in [0.05, 0.1) is 11.9 Å². The van der Waals surface area contributed by atoms with Gasteiger partial charge in [0, 0.05) is 17.6 Å². The van der Waals surface area contributed by atoms with Gasteiger partial charge < -0.3 is 10.2 Å². The first-order valence-corrected chi connectivity index (χ1v) is 12.9. The number of rotatable bonds is 9. The Kier molecular flexibility index (Phi) is 8.91. The summed E-state index contributed by atoms with van der Waals surface area (Å²) in [6.07, 6.45) is 1.04. The molecule has 0 unspecified atom stereocenters. The Morgan fingerprint density at radius 1 is 1.06 bits per heavy atom. The molecule has 1 N–H and O–H groups in total. The Labute approximate surface area is 201 Å². The Morgan fingerprint density at radius 3 is 2.27 bits per heavy atom. The molecule has 0 heterocycles. The second-order valence-electron chi connectivity index (χ2n) is 8.55. The standard InChI is InChI=1S/C24H32ClN3O4S/c1-16(2)26-24(30)19(5)27(14-20-9-7-8-17(3)12-20)23(29)15-28(33(6,31)32)21-11-10-18(4)22(25)13-21/h7-13,16,19H,14-15H2,1-6H3,(H,26,30)/t19-/m1/s1. The summed E-state index contributed by atoms with van der Waals surface area (Å²) in [5.41, 5.74) is 2.94. The number of sulfonamides is 1. The van der Waals surface area contributed by atoms with Crippen LogP contribution in [0.25, 0.3) is 0 Å². The summed E-state index contributed by atoms with van der Waals surface area (Å²) in [5, 5.41) is 3.22. The summed E-state index contributed by atoms with van der Waals surface area (Å²) in [7, 11) is -3.79. The first-order chi connectivity index (χ1) is 15.3. The maximum Gasteiger partial charge on any atom is 0.244 e. The summed E-state index contributed by atoms with van der Waals surface area (Å²) in [5.74, 6) is -0.805. The highest BCUT2D eigenvalue weighted by atomic mass is 35.5. The molecule has 0 saturated heterocycles. The molecule has 0 bridgehead atoms. The second-order valence-corrected chi connectivity index (χ2v) is 10.9. The van der Waals surface area contributed by atoms with Gasteiger partial charge in [0.25, 0.3) is 0 Å². The molecule has 0 radical (unpaired) electrons. The lowest BCUT2D eigenvalue weighted by molar-refractivity contribution is -0.139. The third-order valence-corrected chi connectivity index (χ3v) is 6.70. The van der Waals surface area contributed by atoms with Crippen LogP contribution in [-0.2, 0) is 26.2 Å². The van der Waals surface area contributed by atoms with Crippen molar-refractivity contribution < 1.29 is 18.0 Å². The van der Waals surface area contributed by atoms with Crippen LogP contribution in [0.15, 0.2) is 42.5 Å². The van der Waals surface area contributed by atoms with Gasteiger partial charge in [-0.25, -0.2) is 8.42 Å². The van der Waals surface area contributed by atoms with Crippen LogP contribution in [0.2, 0.25) is 5.02 Å². The van der Waals surface area contributed by atoms with Crippen LogP contribution in [0.4, 0.5) is 5.69 Å². The number of nitrogens with one attached hydrogen (secondary N) is 1. The molecule has 0 aliphatic rings. The number of aryl methyl sites for hydroxylation is 2. The molecule has 33 heavy (non-hydrogen) atoms. The molecule has 2 aromatic carbocycles. The van der Waals surface area contributed by atoms with Gasteiger partial charge in [-0.05, 0) is 57.9 Å². The number of amides is 2. The van der Waals surface area contributed by atoms with Gasteiger partial charge >= 0.3 is 0 Å². The minimum Gasteiger partial charge on any atom is -0.352 e. The van der Waals surface area contributed by atoms with Gasteiger partial charge in [-0.1, -0.05) is 47.5 Å². The number of halogens is 1. The zero-order valence-corrected chi connectivity index (χ0v) is 21.5. The van der Waals surface area contributed by atoms with Gasteiger partial charge in [0.15, 0.2) is 0 Å². The molecule has 0 spiro atoms. The van der Waals surface area contributed by atoms with Crippen LogP contribution in [0.5, 0.6) is 0 Å². The molecule has 9 heteroatoms. The SMILES string of the molecule is Cc1cccc(CN(C(=O)CN(c2ccc(C)c(Cl)c2)S(C)(=O)=O)[C@H](C)C(=O)NC(C)C)c1. The van der Waals surface area contributed by atoms with E-state index in [-0.39, 0.29) is 24.2 Å². The lowest BCUT2D eigenvalue weighted by atomic mass is 10.1. The maximum absolute atomic E-state index is 13.5. The van der Waals surface area contributed by atoms with Crippen molar-refractivity contribution in [1.82, 2.24) is 10.2 Å². The van der Waals surface area contributed by atoms with Crippen LogP contribution in [0.3, 0.4) is 0 Å². The van der Waals surface area contributed by atoms with Gasteiger partial charge in [-0.3, -0.25) is 13.9 Å². The molecule has 2 amide bonds. The van der Waals surface area contributed by atoms with Crippen molar-refractivity contribution in [2.75, 3.05) is 17.1 Å². The molecule has 0 aliphatic carbocycles. The lowest BCUT2D eigenvalue weighted by Crippen LogP contribution is -2.52. The first-order valence-electron chi connectivity index (χ1n) is 10.7. The van der Waals surface area contributed by atoms with E-state index < -0.39 is 28.5 Å². The smallest absolute Gasteiger partial charge is 0.244 e. The second kappa shape index (κ2) is 11.0. The summed E-state index contributed by atoms with van der Waals surface area (Å²) < 4.78 is 26.2. The zero-order chi connectivity index (χ0) is 24.9. The summed E-state index contributed by atoms with van der Waals surface area (Å²) in [6, 6.07) is 11.5. The third-order valence-electron chi connectivity index (χ3n) is 5.16. The Bertz CT molecular complexity index is 1120. The first kappa shape index (κ1) is 26.7. The average Bonchev–Trinajstić information content (AvgIpc) is 2.70. The molecule has 0 aliphatic heterocycles. The molecule has 0 fully saturated rings. The lowest BCUT2D eigenvalue weighted by Gasteiger charge is -2.32. The number of hydrogen-bond acceptors (Lipinski definition) is 4. The molecule has 0 saturated carbocycles. The quantitative estimate of drug-likeness (QED) is 0.577.